The summed E-state index contributed by atoms with van der Waals surface area (Å²) in [5.41, 5.74) is 1.00. The summed E-state index contributed by atoms with van der Waals surface area (Å²) in [5, 5.41) is 0.509. The molecule has 2 aromatic carbocycles. The van der Waals surface area contributed by atoms with E-state index >= 15 is 0 Å². The van der Waals surface area contributed by atoms with Crippen LogP contribution in [0.1, 0.15) is 5.56 Å². The first-order valence-electron chi connectivity index (χ1n) is 6.95. The van der Waals surface area contributed by atoms with Gasteiger partial charge in [-0.3, -0.25) is 0 Å². The number of benzene rings is 2. The molecule has 0 saturated carbocycles. The van der Waals surface area contributed by atoms with E-state index in [0.29, 0.717) is 17.2 Å². The van der Waals surface area contributed by atoms with Crippen molar-refractivity contribution < 1.29 is 13.2 Å². The van der Waals surface area contributed by atoms with Gasteiger partial charge in [0.1, 0.15) is 12.4 Å². The fourth-order valence-corrected chi connectivity index (χ4v) is 3.12. The van der Waals surface area contributed by atoms with Crippen molar-refractivity contribution in [2.45, 2.75) is 6.42 Å². The molecule has 2 aromatic rings. The van der Waals surface area contributed by atoms with E-state index in [1.807, 2.05) is 42.5 Å². The predicted octanol–water partition coefficient (Wildman–Crippen LogP) is 2.88. The van der Waals surface area contributed by atoms with Crippen LogP contribution in [-0.2, 0) is 16.4 Å². The van der Waals surface area contributed by atoms with Crippen LogP contribution in [0.4, 0.5) is 0 Å². The third-order valence-corrected chi connectivity index (χ3v) is 4.72. The van der Waals surface area contributed by atoms with Gasteiger partial charge in [-0.25, -0.2) is 13.1 Å². The Labute approximate surface area is 136 Å². The summed E-state index contributed by atoms with van der Waals surface area (Å²) in [7, 11) is -3.31. The lowest BCUT2D eigenvalue weighted by molar-refractivity contribution is 0.323. The Morgan fingerprint density at radius 2 is 1.68 bits per heavy atom. The van der Waals surface area contributed by atoms with Crippen LogP contribution in [-0.4, -0.2) is 27.3 Å². The normalized spacial score (nSPS) is 11.3. The highest BCUT2D eigenvalue weighted by Gasteiger charge is 2.10. The summed E-state index contributed by atoms with van der Waals surface area (Å²) >= 11 is 5.95. The fourth-order valence-electron chi connectivity index (χ4n) is 1.89. The van der Waals surface area contributed by atoms with Gasteiger partial charge in [0, 0.05) is 6.54 Å². The van der Waals surface area contributed by atoms with Crippen LogP contribution >= 0.6 is 11.6 Å². The van der Waals surface area contributed by atoms with Crippen LogP contribution in [0.2, 0.25) is 5.02 Å². The third-order valence-electron chi connectivity index (χ3n) is 3.02. The molecule has 118 valence electrons. The Balaban J connectivity index is 1.72. The largest absolute Gasteiger partial charge is 0.491 e. The molecule has 4 nitrogen and oxygen atoms in total. The van der Waals surface area contributed by atoms with Gasteiger partial charge in [0.25, 0.3) is 0 Å². The van der Waals surface area contributed by atoms with Gasteiger partial charge in [-0.1, -0.05) is 54.1 Å². The van der Waals surface area contributed by atoms with Crippen molar-refractivity contribution in [2.24, 2.45) is 0 Å². The first kappa shape index (κ1) is 16.8. The van der Waals surface area contributed by atoms with E-state index in [0.717, 1.165) is 5.56 Å². The molecule has 0 bridgehead atoms. The van der Waals surface area contributed by atoms with Gasteiger partial charge in [-0.15, -0.1) is 0 Å². The maximum atomic E-state index is 11.9. The molecule has 0 aliphatic rings. The van der Waals surface area contributed by atoms with Gasteiger partial charge < -0.3 is 4.74 Å². The molecule has 0 aromatic heterocycles. The van der Waals surface area contributed by atoms with Crippen LogP contribution in [0.15, 0.2) is 54.6 Å². The highest BCUT2D eigenvalue weighted by molar-refractivity contribution is 7.89. The number of hydrogen-bond donors (Lipinski definition) is 1. The number of rotatable bonds is 8. The molecule has 1 N–H and O–H groups in total. The van der Waals surface area contributed by atoms with E-state index in [2.05, 4.69) is 4.72 Å². The average molecular weight is 340 g/mol. The third kappa shape index (κ3) is 5.67. The summed E-state index contributed by atoms with van der Waals surface area (Å²) in [6.07, 6.45) is 0.488. The van der Waals surface area contributed by atoms with Gasteiger partial charge in [0.2, 0.25) is 10.0 Å². The smallest absolute Gasteiger partial charge is 0.212 e. The van der Waals surface area contributed by atoms with Gasteiger partial charge in [-0.2, -0.15) is 0 Å². The number of para-hydroxylation sites is 1. The second-order valence-electron chi connectivity index (χ2n) is 4.73. The van der Waals surface area contributed by atoms with Crippen molar-refractivity contribution >= 4 is 21.6 Å². The molecule has 0 heterocycles. The molecule has 0 saturated heterocycles. The van der Waals surface area contributed by atoms with Gasteiger partial charge >= 0.3 is 0 Å². The number of sulfonamides is 1. The molecule has 0 unspecified atom stereocenters. The number of nitrogens with one attached hydrogen (secondary N) is 1. The lowest BCUT2D eigenvalue weighted by atomic mass is 10.2. The minimum absolute atomic E-state index is 0.0586. The second-order valence-corrected chi connectivity index (χ2v) is 7.06. The molecule has 6 heteroatoms. The molecule has 0 fully saturated rings. The van der Waals surface area contributed by atoms with Crippen molar-refractivity contribution in [2.75, 3.05) is 18.9 Å². The monoisotopic (exact) mass is 339 g/mol. The van der Waals surface area contributed by atoms with Crippen LogP contribution in [0.25, 0.3) is 0 Å². The van der Waals surface area contributed by atoms with Crippen molar-refractivity contribution in [1.29, 1.82) is 0 Å². The highest BCUT2D eigenvalue weighted by Crippen LogP contribution is 2.22. The van der Waals surface area contributed by atoms with Gasteiger partial charge in [-0.05, 0) is 24.1 Å². The molecule has 0 atom stereocenters. The number of ether oxygens (including phenoxy) is 1. The predicted molar refractivity (Wildman–Crippen MR) is 88.9 cm³/mol. The van der Waals surface area contributed by atoms with E-state index in [1.54, 1.807) is 12.1 Å². The number of aryl methyl sites for hydroxylation is 1. The first-order valence-corrected chi connectivity index (χ1v) is 8.98. The SMILES string of the molecule is O=S(=O)(CCc1ccccc1)NCCOc1ccccc1Cl. The highest BCUT2D eigenvalue weighted by atomic mass is 35.5. The molecular weight excluding hydrogens is 322 g/mol. The van der Waals surface area contributed by atoms with Gasteiger partial charge in [0.15, 0.2) is 0 Å². The maximum absolute atomic E-state index is 11.9. The minimum Gasteiger partial charge on any atom is -0.491 e. The zero-order chi connectivity index (χ0) is 15.8. The number of halogens is 1. The van der Waals surface area contributed by atoms with Crippen molar-refractivity contribution in [3.05, 3.63) is 65.2 Å². The number of hydrogen-bond acceptors (Lipinski definition) is 3. The molecule has 22 heavy (non-hydrogen) atoms. The summed E-state index contributed by atoms with van der Waals surface area (Å²) in [4.78, 5) is 0. The summed E-state index contributed by atoms with van der Waals surface area (Å²) in [5.74, 6) is 0.607. The lowest BCUT2D eigenvalue weighted by Crippen LogP contribution is -2.31. The summed E-state index contributed by atoms with van der Waals surface area (Å²) in [6.45, 7) is 0.441. The fraction of sp³-hybridized carbons (Fsp3) is 0.250. The van der Waals surface area contributed by atoms with Crippen LogP contribution < -0.4 is 9.46 Å². The zero-order valence-corrected chi connectivity index (χ0v) is 13.6. The molecule has 0 radical (unpaired) electrons. The topological polar surface area (TPSA) is 55.4 Å². The maximum Gasteiger partial charge on any atom is 0.212 e. The summed E-state index contributed by atoms with van der Waals surface area (Å²) < 4.78 is 31.7. The molecule has 0 aliphatic heterocycles. The molecular formula is C16H18ClNO3S. The molecule has 0 spiro atoms. The van der Waals surface area contributed by atoms with Crippen molar-refractivity contribution in [3.8, 4) is 5.75 Å². The van der Waals surface area contributed by atoms with Gasteiger partial charge in [0.05, 0.1) is 10.8 Å². The molecule has 2 rings (SSSR count). The quantitative estimate of drug-likeness (QED) is 0.752. The van der Waals surface area contributed by atoms with Crippen molar-refractivity contribution in [1.82, 2.24) is 4.72 Å². The average Bonchev–Trinajstić information content (AvgIpc) is 2.52. The summed E-state index contributed by atoms with van der Waals surface area (Å²) in [6, 6.07) is 16.6. The zero-order valence-electron chi connectivity index (χ0n) is 12.0. The lowest BCUT2D eigenvalue weighted by Gasteiger charge is -2.09. The minimum atomic E-state index is -3.31. The molecule has 0 amide bonds. The Hall–Kier alpha value is -1.56. The first-order chi connectivity index (χ1) is 10.6. The van der Waals surface area contributed by atoms with Crippen molar-refractivity contribution in [3.63, 3.8) is 0 Å². The van der Waals surface area contributed by atoms with E-state index in [4.69, 9.17) is 16.3 Å². The van der Waals surface area contributed by atoms with Crippen LogP contribution in [0, 0.1) is 0 Å². The Kier molecular flexibility index (Phi) is 6.24. The Morgan fingerprint density at radius 3 is 2.41 bits per heavy atom. The van der Waals surface area contributed by atoms with Crippen LogP contribution in [0.5, 0.6) is 5.75 Å². The van der Waals surface area contributed by atoms with E-state index in [-0.39, 0.29) is 18.9 Å². The van der Waals surface area contributed by atoms with E-state index < -0.39 is 10.0 Å². The molecule has 0 aliphatic carbocycles. The van der Waals surface area contributed by atoms with E-state index in [9.17, 15) is 8.42 Å². The Morgan fingerprint density at radius 1 is 1.00 bits per heavy atom. The Bertz CT molecular complexity index is 690. The van der Waals surface area contributed by atoms with E-state index in [1.165, 1.54) is 0 Å². The standard InChI is InChI=1S/C16H18ClNO3S/c17-15-8-4-5-9-16(15)21-12-11-18-22(19,20)13-10-14-6-2-1-3-7-14/h1-9,18H,10-13H2. The second kappa shape index (κ2) is 8.17. The van der Waals surface area contributed by atoms with Crippen LogP contribution in [0.3, 0.4) is 0 Å².